The van der Waals surface area contributed by atoms with Gasteiger partial charge in [-0.3, -0.25) is 9.59 Å². The number of ether oxygens (including phenoxy) is 1. The van der Waals surface area contributed by atoms with E-state index in [1.807, 2.05) is 6.92 Å². The lowest BCUT2D eigenvalue weighted by molar-refractivity contribution is -0.145. The molecule has 0 aromatic rings. The number of carbonyl (C=O) groups is 2. The topological polar surface area (TPSA) is 43.4 Å². The quantitative estimate of drug-likeness (QED) is 0.503. The van der Waals surface area contributed by atoms with Gasteiger partial charge in [0.15, 0.2) is 0 Å². The summed E-state index contributed by atoms with van der Waals surface area (Å²) in [5, 5.41) is -0.389. The third-order valence-corrected chi connectivity index (χ3v) is 2.59. The molecule has 0 aromatic heterocycles. The van der Waals surface area contributed by atoms with Gasteiger partial charge in [-0.2, -0.15) is 0 Å². The van der Waals surface area contributed by atoms with E-state index in [-0.39, 0.29) is 23.2 Å². The number of hydrogen-bond donors (Lipinski definition) is 0. The van der Waals surface area contributed by atoms with Crippen LogP contribution in [-0.2, 0) is 14.3 Å². The van der Waals surface area contributed by atoms with Crippen LogP contribution in [0, 0.1) is 0 Å². The normalized spacial score (nSPS) is 14.4. The predicted molar refractivity (Wildman–Crippen MR) is 60.0 cm³/mol. The summed E-state index contributed by atoms with van der Waals surface area (Å²) < 4.78 is 4.95. The second kappa shape index (κ2) is 7.69. The van der Waals surface area contributed by atoms with Gasteiger partial charge in [-0.05, 0) is 26.2 Å². The first kappa shape index (κ1) is 14.4. The lowest BCUT2D eigenvalue weighted by Crippen LogP contribution is -2.15. The van der Waals surface area contributed by atoms with E-state index in [0.29, 0.717) is 12.8 Å². The van der Waals surface area contributed by atoms with Gasteiger partial charge >= 0.3 is 5.97 Å². The summed E-state index contributed by atoms with van der Waals surface area (Å²) in [6.45, 7) is 5.03. The molecule has 0 heterocycles. The highest BCUT2D eigenvalue weighted by molar-refractivity contribution is 6.31. The van der Waals surface area contributed by atoms with Gasteiger partial charge in [-0.15, -0.1) is 11.6 Å². The van der Waals surface area contributed by atoms with Crippen molar-refractivity contribution in [3.8, 4) is 0 Å². The number of esters is 1. The number of Topliss-reactive ketones (excluding diaryl/α,β-unsaturated/α-hetero) is 1. The molecule has 0 aliphatic rings. The van der Waals surface area contributed by atoms with Crippen LogP contribution in [-0.4, -0.2) is 23.2 Å². The van der Waals surface area contributed by atoms with E-state index in [1.165, 1.54) is 6.92 Å². The lowest BCUT2D eigenvalue weighted by Gasteiger charge is -2.12. The van der Waals surface area contributed by atoms with Gasteiger partial charge in [0.25, 0.3) is 0 Å². The van der Waals surface area contributed by atoms with Crippen molar-refractivity contribution in [1.82, 2.24) is 0 Å². The lowest BCUT2D eigenvalue weighted by atomic mass is 10.1. The Morgan fingerprint density at radius 1 is 1.33 bits per heavy atom. The molecule has 0 aromatic carbocycles. The standard InChI is InChI=1S/C11H19ClO3/c1-4-11(14)10(12)7-5-6-8(2)15-9(3)13/h8,10H,4-7H2,1-3H3. The maximum atomic E-state index is 11.1. The molecule has 0 aliphatic carbocycles. The average molecular weight is 235 g/mol. The van der Waals surface area contributed by atoms with Crippen molar-refractivity contribution in [2.75, 3.05) is 0 Å². The molecular formula is C11H19ClO3. The highest BCUT2D eigenvalue weighted by atomic mass is 35.5. The van der Waals surface area contributed by atoms with Gasteiger partial charge in [-0.25, -0.2) is 0 Å². The number of carbonyl (C=O) groups excluding carboxylic acids is 2. The molecule has 0 fully saturated rings. The number of hydrogen-bond acceptors (Lipinski definition) is 3. The molecule has 0 N–H and O–H groups in total. The monoisotopic (exact) mass is 234 g/mol. The maximum Gasteiger partial charge on any atom is 0.302 e. The van der Waals surface area contributed by atoms with Crippen LogP contribution in [0.15, 0.2) is 0 Å². The number of halogens is 1. The molecule has 0 amide bonds. The molecule has 0 bridgehead atoms. The van der Waals surface area contributed by atoms with Crippen molar-refractivity contribution in [1.29, 1.82) is 0 Å². The van der Waals surface area contributed by atoms with E-state index in [9.17, 15) is 9.59 Å². The highest BCUT2D eigenvalue weighted by Crippen LogP contribution is 2.12. The molecule has 2 unspecified atom stereocenters. The molecule has 2 atom stereocenters. The highest BCUT2D eigenvalue weighted by Gasteiger charge is 2.13. The smallest absolute Gasteiger partial charge is 0.302 e. The summed E-state index contributed by atoms with van der Waals surface area (Å²) in [4.78, 5) is 21.8. The van der Waals surface area contributed by atoms with Crippen LogP contribution in [0.2, 0.25) is 0 Å². The van der Waals surface area contributed by atoms with Gasteiger partial charge in [0.1, 0.15) is 5.78 Å². The largest absolute Gasteiger partial charge is 0.463 e. The van der Waals surface area contributed by atoms with Gasteiger partial charge in [0, 0.05) is 13.3 Å². The molecule has 0 saturated heterocycles. The predicted octanol–water partition coefficient (Wildman–Crippen LogP) is 2.69. The van der Waals surface area contributed by atoms with E-state index < -0.39 is 0 Å². The van der Waals surface area contributed by atoms with Gasteiger partial charge in [0.05, 0.1) is 11.5 Å². The molecule has 0 aliphatic heterocycles. The molecule has 0 radical (unpaired) electrons. The van der Waals surface area contributed by atoms with Crippen LogP contribution in [0.1, 0.15) is 46.5 Å². The Bertz CT molecular complexity index is 216. The number of rotatable bonds is 7. The SMILES string of the molecule is CCC(=O)C(Cl)CCCC(C)OC(C)=O. The second-order valence-corrected chi connectivity index (χ2v) is 4.17. The summed E-state index contributed by atoms with van der Waals surface area (Å²) in [6.07, 6.45) is 2.59. The molecule has 0 saturated carbocycles. The van der Waals surface area contributed by atoms with Crippen LogP contribution < -0.4 is 0 Å². The Morgan fingerprint density at radius 3 is 2.40 bits per heavy atom. The zero-order valence-electron chi connectivity index (χ0n) is 9.59. The minimum atomic E-state index is -0.389. The van der Waals surface area contributed by atoms with Gasteiger partial charge in [-0.1, -0.05) is 6.92 Å². The minimum Gasteiger partial charge on any atom is -0.463 e. The van der Waals surface area contributed by atoms with Gasteiger partial charge < -0.3 is 4.74 Å². The fourth-order valence-corrected chi connectivity index (χ4v) is 1.62. The third kappa shape index (κ3) is 7.37. The van der Waals surface area contributed by atoms with Crippen molar-refractivity contribution >= 4 is 23.4 Å². The first-order chi connectivity index (χ1) is 6.97. The summed E-state index contributed by atoms with van der Waals surface area (Å²) in [7, 11) is 0. The Labute approximate surface area is 96.1 Å². The molecule has 15 heavy (non-hydrogen) atoms. The van der Waals surface area contributed by atoms with Gasteiger partial charge in [0.2, 0.25) is 0 Å². The summed E-state index contributed by atoms with van der Waals surface area (Å²) in [5.74, 6) is -0.189. The van der Waals surface area contributed by atoms with Crippen LogP contribution in [0.25, 0.3) is 0 Å². The molecule has 3 nitrogen and oxygen atoms in total. The fraction of sp³-hybridized carbons (Fsp3) is 0.818. The Morgan fingerprint density at radius 2 is 1.93 bits per heavy atom. The van der Waals surface area contributed by atoms with E-state index in [1.54, 1.807) is 6.92 Å². The van der Waals surface area contributed by atoms with Crippen molar-refractivity contribution in [3.63, 3.8) is 0 Å². The van der Waals surface area contributed by atoms with E-state index in [4.69, 9.17) is 16.3 Å². The molecule has 0 spiro atoms. The first-order valence-electron chi connectivity index (χ1n) is 5.31. The minimum absolute atomic E-state index is 0.0804. The zero-order chi connectivity index (χ0) is 11.8. The van der Waals surface area contributed by atoms with Crippen molar-refractivity contribution in [2.45, 2.75) is 57.9 Å². The van der Waals surface area contributed by atoms with Crippen LogP contribution >= 0.6 is 11.6 Å². The first-order valence-corrected chi connectivity index (χ1v) is 5.75. The van der Waals surface area contributed by atoms with Crippen LogP contribution in [0.4, 0.5) is 0 Å². The summed E-state index contributed by atoms with van der Waals surface area (Å²) in [6, 6.07) is 0. The van der Waals surface area contributed by atoms with E-state index in [2.05, 4.69) is 0 Å². The zero-order valence-corrected chi connectivity index (χ0v) is 10.3. The Kier molecular flexibility index (Phi) is 7.39. The second-order valence-electron chi connectivity index (χ2n) is 3.64. The Balaban J connectivity index is 3.60. The van der Waals surface area contributed by atoms with Crippen molar-refractivity contribution in [3.05, 3.63) is 0 Å². The molecule has 0 rings (SSSR count). The summed E-state index contributed by atoms with van der Waals surface area (Å²) >= 11 is 5.86. The summed E-state index contributed by atoms with van der Waals surface area (Å²) in [5.41, 5.74) is 0. The molecule has 4 heteroatoms. The third-order valence-electron chi connectivity index (χ3n) is 2.13. The van der Waals surface area contributed by atoms with E-state index >= 15 is 0 Å². The van der Waals surface area contributed by atoms with Crippen molar-refractivity contribution < 1.29 is 14.3 Å². The fourth-order valence-electron chi connectivity index (χ4n) is 1.31. The van der Waals surface area contributed by atoms with E-state index in [0.717, 1.165) is 12.8 Å². The Hall–Kier alpha value is -0.570. The average Bonchev–Trinajstić information content (AvgIpc) is 2.15. The molecular weight excluding hydrogens is 216 g/mol. The van der Waals surface area contributed by atoms with Crippen LogP contribution in [0.3, 0.4) is 0 Å². The number of alkyl halides is 1. The van der Waals surface area contributed by atoms with Crippen molar-refractivity contribution in [2.24, 2.45) is 0 Å². The maximum absolute atomic E-state index is 11.1. The van der Waals surface area contributed by atoms with Crippen LogP contribution in [0.5, 0.6) is 0 Å². The number of ketones is 1. The molecule has 88 valence electrons.